The van der Waals surface area contributed by atoms with E-state index < -0.39 is 0 Å². The lowest BCUT2D eigenvalue weighted by atomic mass is 10.2. The highest BCUT2D eigenvalue weighted by Gasteiger charge is 2.08. The minimum atomic E-state index is 0.354. The summed E-state index contributed by atoms with van der Waals surface area (Å²) in [6.45, 7) is 0. The lowest BCUT2D eigenvalue weighted by molar-refractivity contribution is 0.481. The first kappa shape index (κ1) is 9.37. The molecule has 68 valence electrons. The first-order chi connectivity index (χ1) is 6.22. The zero-order chi connectivity index (χ0) is 9.42. The van der Waals surface area contributed by atoms with Crippen LogP contribution in [0.4, 0.5) is 0 Å². The maximum atomic E-state index is 9.62. The summed E-state index contributed by atoms with van der Waals surface area (Å²) in [4.78, 5) is 1.22. The third kappa shape index (κ3) is 1.58. The molecule has 0 radical (unpaired) electrons. The van der Waals surface area contributed by atoms with Gasteiger partial charge in [-0.2, -0.15) is 0 Å². The highest BCUT2D eigenvalue weighted by atomic mass is 79.9. The molecule has 0 bridgehead atoms. The molecule has 2 rings (SSSR count). The van der Waals surface area contributed by atoms with Crippen molar-refractivity contribution in [3.63, 3.8) is 0 Å². The Morgan fingerprint density at radius 2 is 2.23 bits per heavy atom. The molecular weight excluding hydrogens is 268 g/mol. The molecule has 1 nitrogen and oxygen atoms in total. The molecule has 0 aliphatic carbocycles. The van der Waals surface area contributed by atoms with Crippen LogP contribution in [0.2, 0.25) is 0 Å². The highest BCUT2D eigenvalue weighted by molar-refractivity contribution is 9.11. The summed E-state index contributed by atoms with van der Waals surface area (Å²) in [5.41, 5.74) is 0. The molecule has 0 spiro atoms. The topological polar surface area (TPSA) is 20.2 Å². The van der Waals surface area contributed by atoms with E-state index in [1.807, 2.05) is 18.4 Å². The van der Waals surface area contributed by atoms with Crippen molar-refractivity contribution in [1.29, 1.82) is 0 Å². The molecule has 0 atom stereocenters. The van der Waals surface area contributed by atoms with Crippen molar-refractivity contribution in [2.75, 3.05) is 6.26 Å². The zero-order valence-electron chi connectivity index (χ0n) is 6.87. The number of thioether (sulfide) groups is 1. The van der Waals surface area contributed by atoms with E-state index in [0.29, 0.717) is 5.75 Å². The summed E-state index contributed by atoms with van der Waals surface area (Å²) in [5, 5.41) is 10.5. The van der Waals surface area contributed by atoms with E-state index in [-0.39, 0.29) is 0 Å². The van der Waals surface area contributed by atoms with Crippen LogP contribution >= 0.6 is 39.0 Å². The standard InChI is InChI=1S/C9H7BrOS2/c1-12-5-2-3-6-7(4-5)13-9(10)8(6)11/h2-4,11H,1H3. The molecule has 4 heteroatoms. The fraction of sp³-hybridized carbons (Fsp3) is 0.111. The molecule has 0 fully saturated rings. The number of rotatable bonds is 1. The summed E-state index contributed by atoms with van der Waals surface area (Å²) in [7, 11) is 0. The largest absolute Gasteiger partial charge is 0.505 e. The molecule has 13 heavy (non-hydrogen) atoms. The van der Waals surface area contributed by atoms with E-state index in [1.165, 1.54) is 4.90 Å². The van der Waals surface area contributed by atoms with Crippen LogP contribution in [0.1, 0.15) is 0 Å². The van der Waals surface area contributed by atoms with Gasteiger partial charge in [-0.1, -0.05) is 0 Å². The Labute approximate surface area is 92.9 Å². The van der Waals surface area contributed by atoms with Gasteiger partial charge in [0.1, 0.15) is 9.54 Å². The summed E-state index contributed by atoms with van der Waals surface area (Å²) in [6.07, 6.45) is 2.05. The van der Waals surface area contributed by atoms with Crippen LogP contribution in [0.3, 0.4) is 0 Å². The van der Waals surface area contributed by atoms with Gasteiger partial charge in [-0.25, -0.2) is 0 Å². The molecule has 0 amide bonds. The predicted molar refractivity (Wildman–Crippen MR) is 63.0 cm³/mol. The van der Waals surface area contributed by atoms with E-state index in [2.05, 4.69) is 22.0 Å². The molecule has 0 saturated carbocycles. The Morgan fingerprint density at radius 1 is 1.46 bits per heavy atom. The van der Waals surface area contributed by atoms with E-state index in [0.717, 1.165) is 13.9 Å². The maximum Gasteiger partial charge on any atom is 0.148 e. The molecule has 1 aromatic carbocycles. The monoisotopic (exact) mass is 274 g/mol. The third-order valence-electron chi connectivity index (χ3n) is 1.83. The van der Waals surface area contributed by atoms with Crippen molar-refractivity contribution >= 4 is 49.1 Å². The van der Waals surface area contributed by atoms with Gasteiger partial charge in [-0.3, -0.25) is 0 Å². The Bertz CT molecular complexity index is 450. The smallest absolute Gasteiger partial charge is 0.148 e. The van der Waals surface area contributed by atoms with Crippen LogP contribution in [0.15, 0.2) is 26.9 Å². The molecule has 1 heterocycles. The van der Waals surface area contributed by atoms with Crippen molar-refractivity contribution in [2.45, 2.75) is 4.90 Å². The first-order valence-corrected chi connectivity index (χ1v) is 6.51. The summed E-state index contributed by atoms with van der Waals surface area (Å²) >= 11 is 6.59. The summed E-state index contributed by atoms with van der Waals surface area (Å²) in [6, 6.07) is 6.07. The van der Waals surface area contributed by atoms with Crippen molar-refractivity contribution in [3.8, 4) is 5.75 Å². The van der Waals surface area contributed by atoms with Gasteiger partial charge in [-0.15, -0.1) is 23.1 Å². The van der Waals surface area contributed by atoms with Crippen LogP contribution in [0.25, 0.3) is 10.1 Å². The highest BCUT2D eigenvalue weighted by Crippen LogP contribution is 2.41. The van der Waals surface area contributed by atoms with Gasteiger partial charge >= 0.3 is 0 Å². The van der Waals surface area contributed by atoms with Crippen LogP contribution in [0, 0.1) is 0 Å². The van der Waals surface area contributed by atoms with Crippen molar-refractivity contribution in [3.05, 3.63) is 22.0 Å². The van der Waals surface area contributed by atoms with Crippen LogP contribution < -0.4 is 0 Å². The number of thiophene rings is 1. The van der Waals surface area contributed by atoms with Crippen molar-refractivity contribution < 1.29 is 5.11 Å². The Balaban J connectivity index is 2.73. The molecule has 0 unspecified atom stereocenters. The van der Waals surface area contributed by atoms with Crippen molar-refractivity contribution in [1.82, 2.24) is 0 Å². The Morgan fingerprint density at radius 3 is 2.92 bits per heavy atom. The van der Waals surface area contributed by atoms with Gasteiger partial charge in [-0.05, 0) is 40.4 Å². The normalized spacial score (nSPS) is 10.9. The zero-order valence-corrected chi connectivity index (χ0v) is 10.1. The molecule has 1 aromatic heterocycles. The van der Waals surface area contributed by atoms with Gasteiger partial charge in [0.05, 0.1) is 0 Å². The average molecular weight is 275 g/mol. The van der Waals surface area contributed by atoms with E-state index in [1.54, 1.807) is 23.1 Å². The van der Waals surface area contributed by atoms with E-state index >= 15 is 0 Å². The second-order valence-corrected chi connectivity index (χ2v) is 5.84. The summed E-state index contributed by atoms with van der Waals surface area (Å²) in [5.74, 6) is 0.354. The first-order valence-electron chi connectivity index (χ1n) is 3.67. The van der Waals surface area contributed by atoms with Crippen LogP contribution in [-0.4, -0.2) is 11.4 Å². The number of benzene rings is 1. The van der Waals surface area contributed by atoms with Gasteiger partial charge < -0.3 is 5.11 Å². The molecular formula is C9H7BrOS2. The fourth-order valence-electron chi connectivity index (χ4n) is 1.16. The minimum absolute atomic E-state index is 0.354. The number of halogens is 1. The molecule has 0 aliphatic rings. The molecule has 0 saturated heterocycles. The number of hydrogen-bond acceptors (Lipinski definition) is 3. The second kappa shape index (κ2) is 3.52. The van der Waals surface area contributed by atoms with Crippen molar-refractivity contribution in [2.24, 2.45) is 0 Å². The SMILES string of the molecule is CSc1ccc2c(O)c(Br)sc2c1. The summed E-state index contributed by atoms with van der Waals surface area (Å²) < 4.78 is 1.93. The van der Waals surface area contributed by atoms with Crippen LogP contribution in [-0.2, 0) is 0 Å². The minimum Gasteiger partial charge on any atom is -0.505 e. The number of hydrogen-bond donors (Lipinski definition) is 1. The molecule has 0 aliphatic heterocycles. The van der Waals surface area contributed by atoms with Gasteiger partial charge in [0.15, 0.2) is 0 Å². The van der Waals surface area contributed by atoms with E-state index in [9.17, 15) is 5.11 Å². The number of aromatic hydroxyl groups is 1. The number of fused-ring (bicyclic) bond motifs is 1. The Kier molecular flexibility index (Phi) is 2.53. The fourth-order valence-corrected chi connectivity index (χ4v) is 3.27. The van der Waals surface area contributed by atoms with Crippen LogP contribution in [0.5, 0.6) is 5.75 Å². The lowest BCUT2D eigenvalue weighted by Crippen LogP contribution is -1.68. The Hall–Kier alpha value is -0.190. The predicted octanol–water partition coefficient (Wildman–Crippen LogP) is 4.09. The second-order valence-electron chi connectivity index (χ2n) is 2.59. The molecule has 1 N–H and O–H groups in total. The third-order valence-corrected chi connectivity index (χ3v) is 4.35. The average Bonchev–Trinajstić information content (AvgIpc) is 2.42. The quantitative estimate of drug-likeness (QED) is 0.791. The maximum absolute atomic E-state index is 9.62. The van der Waals surface area contributed by atoms with Gasteiger partial charge in [0, 0.05) is 15.0 Å². The lowest BCUT2D eigenvalue weighted by Gasteiger charge is -1.95. The van der Waals surface area contributed by atoms with E-state index in [4.69, 9.17) is 0 Å². The van der Waals surface area contributed by atoms with Gasteiger partial charge in [0.2, 0.25) is 0 Å². The molecule has 2 aromatic rings. The van der Waals surface area contributed by atoms with Gasteiger partial charge in [0.25, 0.3) is 0 Å².